The summed E-state index contributed by atoms with van der Waals surface area (Å²) in [5, 5.41) is 11.1. The van der Waals surface area contributed by atoms with E-state index in [2.05, 4.69) is 4.98 Å². The minimum atomic E-state index is -0.725. The fourth-order valence-corrected chi connectivity index (χ4v) is 3.11. The van der Waals surface area contributed by atoms with Gasteiger partial charge in [0.05, 0.1) is 21.1 Å². The van der Waals surface area contributed by atoms with Gasteiger partial charge in [-0.1, -0.05) is 6.07 Å². The number of hydrogen-bond donors (Lipinski definition) is 0. The number of aromatic nitrogens is 2. The molecule has 0 aliphatic rings. The van der Waals surface area contributed by atoms with Gasteiger partial charge in [-0.25, -0.2) is 9.78 Å². The summed E-state index contributed by atoms with van der Waals surface area (Å²) in [6.45, 7) is 1.61. The number of thioether (sulfide) groups is 1. The molecule has 3 rings (SSSR count). The Morgan fingerprint density at radius 3 is 2.81 bits per heavy atom. The summed E-state index contributed by atoms with van der Waals surface area (Å²) in [6.07, 6.45) is 3.33. The second kappa shape index (κ2) is 7.58. The molecule has 0 saturated carbocycles. The molecule has 0 unspecified atom stereocenters. The third-order valence-electron chi connectivity index (χ3n) is 3.90. The lowest BCUT2D eigenvalue weighted by Gasteiger charge is -2.08. The number of fused-ring (bicyclic) bond motifs is 1. The first-order chi connectivity index (χ1) is 12.9. The molecule has 0 fully saturated rings. The van der Waals surface area contributed by atoms with Crippen molar-refractivity contribution in [3.8, 4) is 0 Å². The molecular weight excluding hydrogens is 370 g/mol. The lowest BCUT2D eigenvalue weighted by atomic mass is 10.2. The zero-order valence-electron chi connectivity index (χ0n) is 14.5. The van der Waals surface area contributed by atoms with Gasteiger partial charge in [-0.3, -0.25) is 19.3 Å². The molecule has 0 radical (unpaired) electrons. The van der Waals surface area contributed by atoms with E-state index in [0.29, 0.717) is 16.2 Å². The topological polar surface area (TPSA) is 104 Å². The van der Waals surface area contributed by atoms with Crippen LogP contribution in [0.1, 0.15) is 21.6 Å². The number of pyridine rings is 1. The van der Waals surface area contributed by atoms with Crippen LogP contribution in [0.25, 0.3) is 5.65 Å². The molecular formula is C18H15N3O5S. The number of esters is 1. The van der Waals surface area contributed by atoms with E-state index in [-0.39, 0.29) is 23.4 Å². The fraction of sp³-hybridized carbons (Fsp3) is 0.167. The zero-order chi connectivity index (χ0) is 19.6. The Morgan fingerprint density at radius 1 is 1.33 bits per heavy atom. The summed E-state index contributed by atoms with van der Waals surface area (Å²) in [5.41, 5.74) is 1.22. The zero-order valence-corrected chi connectivity index (χ0v) is 15.4. The van der Waals surface area contributed by atoms with E-state index in [0.717, 1.165) is 5.56 Å². The smallest absolute Gasteiger partial charge is 0.338 e. The van der Waals surface area contributed by atoms with Crippen molar-refractivity contribution in [3.05, 3.63) is 79.9 Å². The number of nitrogens with zero attached hydrogens (tertiary/aromatic N) is 3. The number of hydrogen-bond acceptors (Lipinski definition) is 7. The number of nitro groups is 1. The first kappa shape index (κ1) is 18.6. The van der Waals surface area contributed by atoms with E-state index < -0.39 is 10.9 Å². The van der Waals surface area contributed by atoms with Crippen LogP contribution in [0.4, 0.5) is 5.69 Å². The van der Waals surface area contributed by atoms with Crippen molar-refractivity contribution in [2.24, 2.45) is 0 Å². The number of carbonyl (C=O) groups excluding carboxylic acids is 1. The summed E-state index contributed by atoms with van der Waals surface area (Å²) in [5.74, 6) is -0.725. The van der Waals surface area contributed by atoms with Gasteiger partial charge in [-0.05, 0) is 36.9 Å². The summed E-state index contributed by atoms with van der Waals surface area (Å²) >= 11 is 1.22. The standard InChI is InChI=1S/C18H15N3O5S/c1-11-4-3-7-20-16(22)9-13(19-17(11)20)10-26-18(23)12-5-6-15(27-2)14(8-12)21(24)25/h3-9H,10H2,1-2H3. The fourth-order valence-electron chi connectivity index (χ4n) is 2.57. The maximum absolute atomic E-state index is 12.2. The van der Waals surface area contributed by atoms with E-state index in [4.69, 9.17) is 4.74 Å². The highest BCUT2D eigenvalue weighted by molar-refractivity contribution is 7.98. The van der Waals surface area contributed by atoms with Crippen LogP contribution < -0.4 is 5.56 Å². The van der Waals surface area contributed by atoms with Gasteiger partial charge in [0, 0.05) is 18.3 Å². The second-order valence-electron chi connectivity index (χ2n) is 5.69. The second-order valence-corrected chi connectivity index (χ2v) is 6.54. The van der Waals surface area contributed by atoms with E-state index in [1.54, 1.807) is 18.5 Å². The van der Waals surface area contributed by atoms with Crippen LogP contribution in [-0.2, 0) is 11.3 Å². The molecule has 0 N–H and O–H groups in total. The van der Waals surface area contributed by atoms with Gasteiger partial charge < -0.3 is 4.74 Å². The number of carbonyl (C=O) groups is 1. The monoisotopic (exact) mass is 385 g/mol. The Labute approximate surface area is 158 Å². The number of aryl methyl sites for hydroxylation is 1. The molecule has 8 nitrogen and oxygen atoms in total. The summed E-state index contributed by atoms with van der Waals surface area (Å²) in [7, 11) is 0. The molecule has 0 aliphatic carbocycles. The molecule has 3 aromatic rings. The average Bonchev–Trinajstić information content (AvgIpc) is 2.66. The van der Waals surface area contributed by atoms with E-state index in [1.165, 1.54) is 40.4 Å². The third kappa shape index (κ3) is 3.82. The van der Waals surface area contributed by atoms with Gasteiger partial charge in [0.1, 0.15) is 12.3 Å². The molecule has 0 bridgehead atoms. The quantitative estimate of drug-likeness (QED) is 0.288. The van der Waals surface area contributed by atoms with Gasteiger partial charge in [0.25, 0.3) is 11.2 Å². The van der Waals surface area contributed by atoms with Crippen LogP contribution in [0.3, 0.4) is 0 Å². The van der Waals surface area contributed by atoms with E-state index in [9.17, 15) is 19.7 Å². The summed E-state index contributed by atoms with van der Waals surface area (Å²) < 4.78 is 6.60. The van der Waals surface area contributed by atoms with E-state index in [1.807, 2.05) is 13.0 Å². The molecule has 27 heavy (non-hydrogen) atoms. The van der Waals surface area contributed by atoms with Crippen molar-refractivity contribution in [2.75, 3.05) is 6.26 Å². The number of benzene rings is 1. The van der Waals surface area contributed by atoms with Gasteiger partial charge in [-0.2, -0.15) is 0 Å². The number of nitro benzene ring substituents is 1. The first-order valence-corrected chi connectivity index (χ1v) is 9.10. The van der Waals surface area contributed by atoms with Crippen LogP contribution in [0.2, 0.25) is 0 Å². The Kier molecular flexibility index (Phi) is 5.22. The number of rotatable bonds is 5. The lowest BCUT2D eigenvalue weighted by Crippen LogP contribution is -2.17. The first-order valence-electron chi connectivity index (χ1n) is 7.88. The largest absolute Gasteiger partial charge is 0.456 e. The van der Waals surface area contributed by atoms with Crippen LogP contribution >= 0.6 is 11.8 Å². The molecule has 9 heteroatoms. The maximum atomic E-state index is 12.2. The molecule has 0 atom stereocenters. The van der Waals surface area contributed by atoms with Gasteiger partial charge >= 0.3 is 5.97 Å². The lowest BCUT2D eigenvalue weighted by molar-refractivity contribution is -0.387. The normalized spacial score (nSPS) is 10.7. The van der Waals surface area contributed by atoms with Crippen LogP contribution in [0.5, 0.6) is 0 Å². The van der Waals surface area contributed by atoms with E-state index >= 15 is 0 Å². The number of ether oxygens (including phenoxy) is 1. The summed E-state index contributed by atoms with van der Waals surface area (Å²) in [6, 6.07) is 9.01. The Hall–Kier alpha value is -3.20. The minimum Gasteiger partial charge on any atom is -0.456 e. The molecule has 0 saturated heterocycles. The maximum Gasteiger partial charge on any atom is 0.338 e. The SMILES string of the molecule is CSc1ccc(C(=O)OCc2cc(=O)n3cccc(C)c3n2)cc1[N+](=O)[O-]. The average molecular weight is 385 g/mol. The highest BCUT2D eigenvalue weighted by atomic mass is 32.2. The van der Waals surface area contributed by atoms with Gasteiger partial charge in [0.15, 0.2) is 0 Å². The van der Waals surface area contributed by atoms with Crippen molar-refractivity contribution in [1.29, 1.82) is 0 Å². The van der Waals surface area contributed by atoms with Crippen LogP contribution in [-0.4, -0.2) is 26.5 Å². The molecule has 2 aromatic heterocycles. The molecule has 0 spiro atoms. The van der Waals surface area contributed by atoms with Crippen molar-refractivity contribution >= 4 is 29.1 Å². The van der Waals surface area contributed by atoms with Crippen LogP contribution in [0, 0.1) is 17.0 Å². The molecule has 0 amide bonds. The summed E-state index contributed by atoms with van der Waals surface area (Å²) in [4.78, 5) is 39.8. The van der Waals surface area contributed by atoms with Crippen molar-refractivity contribution < 1.29 is 14.5 Å². The van der Waals surface area contributed by atoms with Gasteiger partial charge in [-0.15, -0.1) is 11.8 Å². The van der Waals surface area contributed by atoms with Crippen LogP contribution in [0.15, 0.2) is 52.3 Å². The van der Waals surface area contributed by atoms with Crippen molar-refractivity contribution in [3.63, 3.8) is 0 Å². The third-order valence-corrected chi connectivity index (χ3v) is 4.69. The predicted molar refractivity (Wildman–Crippen MR) is 100 cm³/mol. The predicted octanol–water partition coefficient (Wildman–Crippen LogP) is 2.99. The highest BCUT2D eigenvalue weighted by Gasteiger charge is 2.18. The highest BCUT2D eigenvalue weighted by Crippen LogP contribution is 2.28. The van der Waals surface area contributed by atoms with Crippen molar-refractivity contribution in [1.82, 2.24) is 9.38 Å². The Morgan fingerprint density at radius 2 is 2.11 bits per heavy atom. The molecule has 0 aliphatic heterocycles. The minimum absolute atomic E-state index is 0.0631. The van der Waals surface area contributed by atoms with Gasteiger partial charge in [0.2, 0.25) is 0 Å². The molecule has 138 valence electrons. The Bertz CT molecular complexity index is 1110. The Balaban J connectivity index is 1.83. The molecule has 1 aromatic carbocycles. The molecule has 2 heterocycles. The van der Waals surface area contributed by atoms with Crippen molar-refractivity contribution in [2.45, 2.75) is 18.4 Å².